The molecule has 1 atom stereocenters. The third kappa shape index (κ3) is 5.08. The average Bonchev–Trinajstić information content (AvgIpc) is 3.02. The highest BCUT2D eigenvalue weighted by Crippen LogP contribution is 2.26. The van der Waals surface area contributed by atoms with Gasteiger partial charge in [0.1, 0.15) is 35.3 Å². The first-order valence-corrected chi connectivity index (χ1v) is 7.95. The van der Waals surface area contributed by atoms with Crippen molar-refractivity contribution >= 4 is 5.90 Å². The quantitative estimate of drug-likeness (QED) is 0.687. The van der Waals surface area contributed by atoms with Gasteiger partial charge in [-0.25, -0.2) is 13.8 Å². The molecule has 0 saturated carbocycles. The molecule has 0 saturated heterocycles. The van der Waals surface area contributed by atoms with Crippen LogP contribution in [-0.4, -0.2) is 31.5 Å². The lowest BCUT2D eigenvalue weighted by atomic mass is 10.2. The van der Waals surface area contributed by atoms with Gasteiger partial charge in [0, 0.05) is 12.5 Å². The maximum absolute atomic E-state index is 13.7. The van der Waals surface area contributed by atoms with Crippen LogP contribution in [0.3, 0.4) is 0 Å². The maximum atomic E-state index is 13.7. The van der Waals surface area contributed by atoms with Crippen molar-refractivity contribution in [2.24, 2.45) is 4.99 Å². The van der Waals surface area contributed by atoms with Gasteiger partial charge in [-0.3, -0.25) is 0 Å². The van der Waals surface area contributed by atoms with Crippen LogP contribution >= 0.6 is 0 Å². The Balaban J connectivity index is 1.56. The Kier molecular flexibility index (Phi) is 5.48. The molecule has 0 spiro atoms. The van der Waals surface area contributed by atoms with Crippen molar-refractivity contribution in [1.29, 1.82) is 0 Å². The van der Waals surface area contributed by atoms with Gasteiger partial charge in [-0.15, -0.1) is 13.2 Å². The van der Waals surface area contributed by atoms with Crippen LogP contribution in [0.2, 0.25) is 0 Å². The van der Waals surface area contributed by atoms with Crippen LogP contribution in [0.5, 0.6) is 11.5 Å². The van der Waals surface area contributed by atoms with Gasteiger partial charge in [-0.05, 0) is 24.3 Å². The predicted molar refractivity (Wildman–Crippen MR) is 85.9 cm³/mol. The van der Waals surface area contributed by atoms with Gasteiger partial charge in [-0.2, -0.15) is 0 Å². The Labute approximate surface area is 151 Å². The number of aliphatic imine (C=N–C) groups is 1. The van der Waals surface area contributed by atoms with E-state index >= 15 is 0 Å². The molecule has 0 amide bonds. The average molecular weight is 387 g/mol. The summed E-state index contributed by atoms with van der Waals surface area (Å²) >= 11 is 0. The van der Waals surface area contributed by atoms with Crippen molar-refractivity contribution < 1.29 is 36.2 Å². The molecular formula is C18H14F5NO3. The van der Waals surface area contributed by atoms with Crippen LogP contribution < -0.4 is 9.47 Å². The minimum Gasteiger partial charge on any atom is -0.493 e. The minimum absolute atomic E-state index is 0.115. The molecule has 27 heavy (non-hydrogen) atoms. The molecule has 1 heterocycles. The van der Waals surface area contributed by atoms with Gasteiger partial charge in [0.05, 0.1) is 12.6 Å². The Bertz CT molecular complexity index is 818. The standard InChI is InChI=1S/C18H14F5NO3/c19-14-5-2-6-15(20)16(14)17-24-11(10-26-17)7-8-25-12-3-1-4-13(9-12)27-18(21,22)23/h1-6,9,11H,7-8,10H2. The minimum atomic E-state index is -4.78. The normalized spacial score (nSPS) is 16.6. The summed E-state index contributed by atoms with van der Waals surface area (Å²) in [7, 11) is 0. The highest BCUT2D eigenvalue weighted by atomic mass is 19.4. The van der Waals surface area contributed by atoms with Gasteiger partial charge in [0.2, 0.25) is 5.90 Å². The zero-order valence-electron chi connectivity index (χ0n) is 13.8. The molecule has 0 radical (unpaired) electrons. The fourth-order valence-electron chi connectivity index (χ4n) is 2.48. The topological polar surface area (TPSA) is 40.0 Å². The van der Waals surface area contributed by atoms with Crippen LogP contribution in [-0.2, 0) is 4.74 Å². The lowest BCUT2D eigenvalue weighted by Crippen LogP contribution is -2.17. The smallest absolute Gasteiger partial charge is 0.493 e. The first kappa shape index (κ1) is 18.9. The number of benzene rings is 2. The number of rotatable bonds is 6. The Morgan fingerprint density at radius 1 is 1.04 bits per heavy atom. The van der Waals surface area contributed by atoms with E-state index in [9.17, 15) is 22.0 Å². The fourth-order valence-corrected chi connectivity index (χ4v) is 2.48. The van der Waals surface area contributed by atoms with E-state index in [1.165, 1.54) is 18.2 Å². The molecule has 0 bridgehead atoms. The summed E-state index contributed by atoms with van der Waals surface area (Å²) in [6.07, 6.45) is -4.43. The first-order chi connectivity index (χ1) is 12.8. The van der Waals surface area contributed by atoms with E-state index in [1.807, 2.05) is 0 Å². The van der Waals surface area contributed by atoms with Gasteiger partial charge in [0.25, 0.3) is 0 Å². The summed E-state index contributed by atoms with van der Waals surface area (Å²) in [5.41, 5.74) is -0.321. The zero-order chi connectivity index (χ0) is 19.4. The number of hydrogen-bond acceptors (Lipinski definition) is 4. The largest absolute Gasteiger partial charge is 0.573 e. The molecule has 4 nitrogen and oxygen atoms in total. The summed E-state index contributed by atoms with van der Waals surface area (Å²) in [6, 6.07) is 8.20. The number of nitrogens with zero attached hydrogens (tertiary/aromatic N) is 1. The van der Waals surface area contributed by atoms with Crippen LogP contribution in [0.25, 0.3) is 0 Å². The first-order valence-electron chi connectivity index (χ1n) is 7.95. The monoisotopic (exact) mass is 387 g/mol. The van der Waals surface area contributed by atoms with Gasteiger partial charge < -0.3 is 14.2 Å². The second-order valence-electron chi connectivity index (χ2n) is 5.66. The number of halogens is 5. The van der Waals surface area contributed by atoms with E-state index in [0.29, 0.717) is 6.42 Å². The third-order valence-electron chi connectivity index (χ3n) is 3.65. The van der Waals surface area contributed by atoms with E-state index in [1.54, 1.807) is 0 Å². The van der Waals surface area contributed by atoms with E-state index in [0.717, 1.165) is 24.3 Å². The number of ether oxygens (including phenoxy) is 3. The summed E-state index contributed by atoms with van der Waals surface area (Å²) in [5, 5.41) is 0. The lowest BCUT2D eigenvalue weighted by molar-refractivity contribution is -0.274. The molecule has 0 aromatic heterocycles. The molecule has 1 aliphatic rings. The number of alkyl halides is 3. The van der Waals surface area contributed by atoms with Crippen molar-refractivity contribution in [3.8, 4) is 11.5 Å². The van der Waals surface area contributed by atoms with Crippen LogP contribution in [0.1, 0.15) is 12.0 Å². The predicted octanol–water partition coefficient (Wildman–Crippen LogP) is 4.48. The molecule has 1 unspecified atom stereocenters. The third-order valence-corrected chi connectivity index (χ3v) is 3.65. The van der Waals surface area contributed by atoms with Gasteiger partial charge in [0.15, 0.2) is 0 Å². The summed E-state index contributed by atoms with van der Waals surface area (Å²) in [5.74, 6) is -1.85. The second-order valence-corrected chi connectivity index (χ2v) is 5.66. The molecule has 2 aromatic carbocycles. The number of hydrogen-bond donors (Lipinski definition) is 0. The van der Waals surface area contributed by atoms with Crippen molar-refractivity contribution in [3.05, 3.63) is 59.7 Å². The van der Waals surface area contributed by atoms with Crippen molar-refractivity contribution in [1.82, 2.24) is 0 Å². The zero-order valence-corrected chi connectivity index (χ0v) is 13.8. The molecule has 0 aliphatic carbocycles. The SMILES string of the molecule is Fc1cccc(F)c1C1=NC(CCOc2cccc(OC(F)(F)F)c2)CO1. The maximum Gasteiger partial charge on any atom is 0.573 e. The summed E-state index contributed by atoms with van der Waals surface area (Å²) in [6.45, 7) is 0.254. The van der Waals surface area contributed by atoms with E-state index in [2.05, 4.69) is 9.73 Å². The second kappa shape index (κ2) is 7.81. The molecule has 0 fully saturated rings. The highest BCUT2D eigenvalue weighted by Gasteiger charge is 2.31. The summed E-state index contributed by atoms with van der Waals surface area (Å²) in [4.78, 5) is 4.14. The fraction of sp³-hybridized carbons (Fsp3) is 0.278. The lowest BCUT2D eigenvalue weighted by Gasteiger charge is -2.11. The summed E-state index contributed by atoms with van der Waals surface area (Å²) < 4.78 is 78.6. The Morgan fingerprint density at radius 3 is 2.41 bits per heavy atom. The highest BCUT2D eigenvalue weighted by molar-refractivity contribution is 5.95. The molecule has 1 aliphatic heterocycles. The Hall–Kier alpha value is -2.84. The molecule has 3 rings (SSSR count). The van der Waals surface area contributed by atoms with Gasteiger partial charge >= 0.3 is 6.36 Å². The molecule has 0 N–H and O–H groups in total. The van der Waals surface area contributed by atoms with Gasteiger partial charge in [-0.1, -0.05) is 12.1 Å². The van der Waals surface area contributed by atoms with Crippen LogP contribution in [0.15, 0.2) is 47.5 Å². The molecule has 9 heteroatoms. The molecular weight excluding hydrogens is 373 g/mol. The molecule has 144 valence electrons. The van der Waals surface area contributed by atoms with Crippen LogP contribution in [0, 0.1) is 11.6 Å². The van der Waals surface area contributed by atoms with E-state index in [4.69, 9.17) is 9.47 Å². The van der Waals surface area contributed by atoms with Crippen molar-refractivity contribution in [3.63, 3.8) is 0 Å². The van der Waals surface area contributed by atoms with E-state index in [-0.39, 0.29) is 42.2 Å². The molecule has 2 aromatic rings. The van der Waals surface area contributed by atoms with Crippen molar-refractivity contribution in [2.45, 2.75) is 18.8 Å². The Morgan fingerprint density at radius 2 is 1.70 bits per heavy atom. The van der Waals surface area contributed by atoms with Crippen LogP contribution in [0.4, 0.5) is 22.0 Å². The van der Waals surface area contributed by atoms with Crippen molar-refractivity contribution in [2.75, 3.05) is 13.2 Å². The van der Waals surface area contributed by atoms with E-state index < -0.39 is 18.0 Å².